The Kier molecular flexibility index (Phi) is 5.69. The zero-order valence-corrected chi connectivity index (χ0v) is 15.2. The van der Waals surface area contributed by atoms with Gasteiger partial charge in [0.25, 0.3) is 0 Å². The lowest BCUT2D eigenvalue weighted by Gasteiger charge is -2.06. The lowest BCUT2D eigenvalue weighted by molar-refractivity contribution is 0.466. The summed E-state index contributed by atoms with van der Waals surface area (Å²) in [5.41, 5.74) is 4.74. The Morgan fingerprint density at radius 2 is 1.60 bits per heavy atom. The summed E-state index contributed by atoms with van der Waals surface area (Å²) < 4.78 is 0. The van der Waals surface area contributed by atoms with Crippen LogP contribution in [0.25, 0.3) is 16.7 Å². The minimum atomic E-state index is 0.238. The van der Waals surface area contributed by atoms with Crippen LogP contribution in [0, 0.1) is 0 Å². The summed E-state index contributed by atoms with van der Waals surface area (Å²) in [6, 6.07) is 11.9. The van der Waals surface area contributed by atoms with Gasteiger partial charge in [0, 0.05) is 0 Å². The van der Waals surface area contributed by atoms with E-state index in [-0.39, 0.29) is 5.75 Å². The third-order valence-electron chi connectivity index (χ3n) is 4.68. The van der Waals surface area contributed by atoms with Gasteiger partial charge in [-0.25, -0.2) is 0 Å². The molecule has 1 N–H and O–H groups in total. The Labute approximate surface area is 149 Å². The first kappa shape index (κ1) is 17.5. The third-order valence-corrected chi connectivity index (χ3v) is 4.68. The Morgan fingerprint density at radius 3 is 2.36 bits per heavy atom. The van der Waals surface area contributed by atoms with Crippen LogP contribution in [0.3, 0.4) is 0 Å². The van der Waals surface area contributed by atoms with Gasteiger partial charge in [0.1, 0.15) is 22.5 Å². The van der Waals surface area contributed by atoms with Crippen LogP contribution in [-0.2, 0) is 12.8 Å². The van der Waals surface area contributed by atoms with Crippen molar-refractivity contribution in [2.24, 2.45) is 0 Å². The highest BCUT2D eigenvalue weighted by molar-refractivity contribution is 5.74. The minimum absolute atomic E-state index is 0.238. The van der Waals surface area contributed by atoms with Gasteiger partial charge in [-0.15, -0.1) is 15.0 Å². The van der Waals surface area contributed by atoms with Crippen LogP contribution in [0.5, 0.6) is 5.75 Å². The van der Waals surface area contributed by atoms with Crippen LogP contribution in [0.15, 0.2) is 36.4 Å². The lowest BCUT2D eigenvalue weighted by atomic mass is 10.0. The zero-order valence-electron chi connectivity index (χ0n) is 15.2. The van der Waals surface area contributed by atoms with Gasteiger partial charge < -0.3 is 5.11 Å². The van der Waals surface area contributed by atoms with Crippen LogP contribution in [0.1, 0.15) is 57.1 Å². The fraction of sp³-hybridized carbons (Fsp3) is 0.429. The van der Waals surface area contributed by atoms with Crippen LogP contribution in [0.4, 0.5) is 0 Å². The largest absolute Gasteiger partial charge is 0.506 e. The summed E-state index contributed by atoms with van der Waals surface area (Å²) in [6.45, 7) is 4.35. The second-order valence-corrected chi connectivity index (χ2v) is 6.65. The Balaban J connectivity index is 1.74. The highest BCUT2D eigenvalue weighted by Crippen LogP contribution is 2.24. The van der Waals surface area contributed by atoms with Crippen molar-refractivity contribution in [3.05, 3.63) is 47.5 Å². The quantitative estimate of drug-likeness (QED) is 0.575. The van der Waals surface area contributed by atoms with E-state index in [1.807, 2.05) is 18.2 Å². The van der Waals surface area contributed by atoms with E-state index in [4.69, 9.17) is 0 Å². The van der Waals surface area contributed by atoms with Crippen molar-refractivity contribution in [3.63, 3.8) is 0 Å². The summed E-state index contributed by atoms with van der Waals surface area (Å²) in [6.07, 6.45) is 8.27. The fourth-order valence-electron chi connectivity index (χ4n) is 3.11. The lowest BCUT2D eigenvalue weighted by Crippen LogP contribution is -1.99. The minimum Gasteiger partial charge on any atom is -0.506 e. The van der Waals surface area contributed by atoms with Gasteiger partial charge in [-0.2, -0.15) is 0 Å². The number of phenolic OH excluding ortho intramolecular Hbond substituents is 1. The van der Waals surface area contributed by atoms with Crippen molar-refractivity contribution in [1.29, 1.82) is 0 Å². The van der Waals surface area contributed by atoms with Gasteiger partial charge >= 0.3 is 0 Å². The first-order valence-electron chi connectivity index (χ1n) is 9.39. The maximum Gasteiger partial charge on any atom is 0.143 e. The predicted molar refractivity (Wildman–Crippen MR) is 102 cm³/mol. The summed E-state index contributed by atoms with van der Waals surface area (Å²) >= 11 is 0. The van der Waals surface area contributed by atoms with Gasteiger partial charge in [-0.05, 0) is 54.7 Å². The molecule has 1 aromatic heterocycles. The highest BCUT2D eigenvalue weighted by Gasteiger charge is 2.10. The predicted octanol–water partition coefficient (Wildman–Crippen LogP) is 5.20. The Morgan fingerprint density at radius 1 is 0.840 bits per heavy atom. The first-order valence-corrected chi connectivity index (χ1v) is 9.39. The normalized spacial score (nSPS) is 11.3. The molecule has 4 heteroatoms. The molecule has 0 bridgehead atoms. The molecule has 25 heavy (non-hydrogen) atoms. The molecule has 0 saturated carbocycles. The van der Waals surface area contributed by atoms with Gasteiger partial charge in [0.15, 0.2) is 0 Å². The van der Waals surface area contributed by atoms with Crippen molar-refractivity contribution >= 4 is 11.0 Å². The number of nitrogens with zero attached hydrogens (tertiary/aromatic N) is 3. The van der Waals surface area contributed by atoms with E-state index < -0.39 is 0 Å². The molecule has 3 aromatic rings. The molecule has 132 valence electrons. The van der Waals surface area contributed by atoms with Crippen molar-refractivity contribution < 1.29 is 5.11 Å². The smallest absolute Gasteiger partial charge is 0.143 e. The standard InChI is InChI=1S/C21H27N3O/c1-3-5-6-7-8-9-17-11-13-20(21(25)15-17)24-22-18-12-10-16(4-2)14-19(18)23-24/h10-15,25H,3-9H2,1-2H3. The maximum atomic E-state index is 10.4. The summed E-state index contributed by atoms with van der Waals surface area (Å²) in [5, 5.41) is 19.4. The molecule has 2 aromatic carbocycles. The number of fused-ring (bicyclic) bond motifs is 1. The molecule has 0 radical (unpaired) electrons. The molecule has 3 rings (SSSR count). The molecule has 0 fully saturated rings. The van der Waals surface area contributed by atoms with E-state index in [1.54, 1.807) is 0 Å². The molecule has 0 atom stereocenters. The number of hydrogen-bond donors (Lipinski definition) is 1. The van der Waals surface area contributed by atoms with E-state index in [9.17, 15) is 5.11 Å². The number of rotatable bonds is 8. The number of aromatic hydroxyl groups is 1. The van der Waals surface area contributed by atoms with Crippen LogP contribution < -0.4 is 0 Å². The van der Waals surface area contributed by atoms with E-state index in [0.29, 0.717) is 5.69 Å². The average Bonchev–Trinajstić information content (AvgIpc) is 3.04. The van der Waals surface area contributed by atoms with Gasteiger partial charge in [-0.3, -0.25) is 0 Å². The number of aryl methyl sites for hydroxylation is 2. The highest BCUT2D eigenvalue weighted by atomic mass is 16.3. The van der Waals surface area contributed by atoms with Crippen molar-refractivity contribution in [2.45, 2.75) is 58.8 Å². The second kappa shape index (κ2) is 8.15. The van der Waals surface area contributed by atoms with Gasteiger partial charge in [-0.1, -0.05) is 51.7 Å². The number of benzene rings is 2. The van der Waals surface area contributed by atoms with Gasteiger partial charge in [0.05, 0.1) is 0 Å². The van der Waals surface area contributed by atoms with Crippen molar-refractivity contribution in [2.75, 3.05) is 0 Å². The van der Waals surface area contributed by atoms with E-state index in [0.717, 1.165) is 23.9 Å². The van der Waals surface area contributed by atoms with E-state index in [2.05, 4.69) is 42.2 Å². The maximum absolute atomic E-state index is 10.4. The van der Waals surface area contributed by atoms with E-state index >= 15 is 0 Å². The molecule has 0 amide bonds. The monoisotopic (exact) mass is 337 g/mol. The molecule has 0 aliphatic heterocycles. The van der Waals surface area contributed by atoms with E-state index in [1.165, 1.54) is 48.0 Å². The molecule has 0 aliphatic carbocycles. The third kappa shape index (κ3) is 4.19. The zero-order chi connectivity index (χ0) is 17.6. The SMILES string of the molecule is CCCCCCCc1ccc(-n2nc3ccc(CC)cc3n2)c(O)c1. The molecular weight excluding hydrogens is 310 g/mol. The van der Waals surface area contributed by atoms with Crippen LogP contribution >= 0.6 is 0 Å². The molecule has 0 unspecified atom stereocenters. The van der Waals surface area contributed by atoms with Crippen molar-refractivity contribution in [1.82, 2.24) is 15.0 Å². The summed E-state index contributed by atoms with van der Waals surface area (Å²) in [4.78, 5) is 1.53. The molecule has 0 spiro atoms. The number of aromatic nitrogens is 3. The Bertz CT molecular complexity index is 838. The molecule has 0 saturated heterocycles. The van der Waals surface area contributed by atoms with Crippen molar-refractivity contribution in [3.8, 4) is 11.4 Å². The molecular formula is C21H27N3O. The topological polar surface area (TPSA) is 50.9 Å². The average molecular weight is 337 g/mol. The second-order valence-electron chi connectivity index (χ2n) is 6.65. The fourth-order valence-corrected chi connectivity index (χ4v) is 3.11. The van der Waals surface area contributed by atoms with Gasteiger partial charge in [0.2, 0.25) is 0 Å². The number of phenols is 1. The number of hydrogen-bond acceptors (Lipinski definition) is 3. The molecule has 1 heterocycles. The van der Waals surface area contributed by atoms with Crippen LogP contribution in [0.2, 0.25) is 0 Å². The summed E-state index contributed by atoms with van der Waals surface area (Å²) in [5.74, 6) is 0.238. The first-order chi connectivity index (χ1) is 12.2. The van der Waals surface area contributed by atoms with Crippen LogP contribution in [-0.4, -0.2) is 20.1 Å². The summed E-state index contributed by atoms with van der Waals surface area (Å²) in [7, 11) is 0. The Hall–Kier alpha value is -2.36. The molecule has 4 nitrogen and oxygen atoms in total. The number of unbranched alkanes of at least 4 members (excludes halogenated alkanes) is 4. The molecule has 0 aliphatic rings.